The molecule has 0 amide bonds. The second kappa shape index (κ2) is 6.63. The first kappa shape index (κ1) is 14.2. The monoisotopic (exact) mass is 225 g/mol. The van der Waals surface area contributed by atoms with Gasteiger partial charge in [-0.25, -0.2) is 4.72 Å². The van der Waals surface area contributed by atoms with Crippen LogP contribution in [-0.2, 0) is 4.74 Å². The molecule has 14 heavy (non-hydrogen) atoms. The van der Waals surface area contributed by atoms with Crippen molar-refractivity contribution in [2.24, 2.45) is 0 Å². The maximum Gasteiger partial charge on any atom is 0.0790 e. The van der Waals surface area contributed by atoms with Gasteiger partial charge in [0.05, 0.1) is 18.0 Å². The first-order valence-electron chi connectivity index (χ1n) is 5.13. The summed E-state index contributed by atoms with van der Waals surface area (Å²) >= 11 is 0. The summed E-state index contributed by atoms with van der Waals surface area (Å²) in [5, 5.41) is 0. The maximum absolute atomic E-state index is 9.32. The molecule has 4 nitrogen and oxygen atoms in total. The van der Waals surface area contributed by atoms with Gasteiger partial charge in [-0.2, -0.15) is 0 Å². The SMILES string of the molecule is CC.CNS(O)(O)CC1CCC(C)O1. The van der Waals surface area contributed by atoms with E-state index in [2.05, 4.69) is 4.72 Å². The van der Waals surface area contributed by atoms with E-state index in [-0.39, 0.29) is 12.2 Å². The summed E-state index contributed by atoms with van der Waals surface area (Å²) < 4.78 is 26.6. The van der Waals surface area contributed by atoms with E-state index in [9.17, 15) is 9.11 Å². The lowest BCUT2D eigenvalue weighted by atomic mass is 10.2. The second-order valence-electron chi connectivity index (χ2n) is 3.18. The van der Waals surface area contributed by atoms with Crippen LogP contribution in [0.15, 0.2) is 0 Å². The van der Waals surface area contributed by atoms with Crippen LogP contribution in [0, 0.1) is 0 Å². The van der Waals surface area contributed by atoms with Gasteiger partial charge in [0.15, 0.2) is 0 Å². The van der Waals surface area contributed by atoms with Crippen LogP contribution in [0.5, 0.6) is 0 Å². The minimum Gasteiger partial charge on any atom is -0.374 e. The van der Waals surface area contributed by atoms with Crippen molar-refractivity contribution in [1.29, 1.82) is 0 Å². The molecule has 1 fully saturated rings. The quantitative estimate of drug-likeness (QED) is 0.690. The van der Waals surface area contributed by atoms with Crippen molar-refractivity contribution in [2.75, 3.05) is 12.8 Å². The Morgan fingerprint density at radius 3 is 2.29 bits per heavy atom. The molecule has 2 atom stereocenters. The Hall–Kier alpha value is 0.190. The van der Waals surface area contributed by atoms with E-state index in [4.69, 9.17) is 4.74 Å². The first-order chi connectivity index (χ1) is 6.53. The Balaban J connectivity index is 0.000000791. The Morgan fingerprint density at radius 2 is 1.93 bits per heavy atom. The molecule has 2 unspecified atom stereocenters. The molecule has 0 aromatic carbocycles. The van der Waals surface area contributed by atoms with Crippen molar-refractivity contribution in [3.8, 4) is 0 Å². The van der Waals surface area contributed by atoms with E-state index in [1.165, 1.54) is 0 Å². The second-order valence-corrected chi connectivity index (χ2v) is 5.26. The van der Waals surface area contributed by atoms with E-state index in [1.807, 2.05) is 20.8 Å². The molecule has 0 spiro atoms. The third-order valence-corrected chi connectivity index (χ3v) is 3.56. The van der Waals surface area contributed by atoms with E-state index in [0.29, 0.717) is 5.75 Å². The molecular formula is C9H23NO3S. The molecule has 0 aliphatic carbocycles. The molecule has 1 heterocycles. The maximum atomic E-state index is 9.32. The molecule has 0 bridgehead atoms. The van der Waals surface area contributed by atoms with Crippen LogP contribution in [0.25, 0.3) is 0 Å². The molecular weight excluding hydrogens is 202 g/mol. The highest BCUT2D eigenvalue weighted by atomic mass is 32.3. The van der Waals surface area contributed by atoms with Crippen molar-refractivity contribution >= 4 is 10.8 Å². The van der Waals surface area contributed by atoms with Gasteiger partial charge in [0.1, 0.15) is 0 Å². The summed E-state index contributed by atoms with van der Waals surface area (Å²) in [5.74, 6) is 0.313. The van der Waals surface area contributed by atoms with Gasteiger partial charge < -0.3 is 4.74 Å². The topological polar surface area (TPSA) is 61.7 Å². The average Bonchev–Trinajstić information content (AvgIpc) is 2.54. The lowest BCUT2D eigenvalue weighted by molar-refractivity contribution is 0.0678. The minimum atomic E-state index is -2.60. The van der Waals surface area contributed by atoms with Crippen molar-refractivity contribution in [3.63, 3.8) is 0 Å². The largest absolute Gasteiger partial charge is 0.374 e. The van der Waals surface area contributed by atoms with Gasteiger partial charge in [0, 0.05) is 7.05 Å². The Morgan fingerprint density at radius 1 is 1.36 bits per heavy atom. The third kappa shape index (κ3) is 5.17. The molecule has 0 aromatic heterocycles. The Kier molecular flexibility index (Phi) is 6.72. The summed E-state index contributed by atoms with van der Waals surface area (Å²) in [6.07, 6.45) is 2.22. The zero-order valence-corrected chi connectivity index (χ0v) is 10.3. The molecule has 0 saturated carbocycles. The van der Waals surface area contributed by atoms with Gasteiger partial charge in [-0.1, -0.05) is 13.8 Å². The first-order valence-corrected chi connectivity index (χ1v) is 6.85. The van der Waals surface area contributed by atoms with Crippen molar-refractivity contribution in [2.45, 2.75) is 45.8 Å². The van der Waals surface area contributed by atoms with Crippen molar-refractivity contribution in [3.05, 3.63) is 0 Å². The lowest BCUT2D eigenvalue weighted by Crippen LogP contribution is -2.26. The molecule has 1 saturated heterocycles. The van der Waals surface area contributed by atoms with E-state index in [1.54, 1.807) is 7.05 Å². The van der Waals surface area contributed by atoms with Crippen molar-refractivity contribution in [1.82, 2.24) is 4.72 Å². The van der Waals surface area contributed by atoms with Gasteiger partial charge in [0.25, 0.3) is 0 Å². The van der Waals surface area contributed by atoms with Crippen LogP contribution in [0.2, 0.25) is 0 Å². The summed E-state index contributed by atoms with van der Waals surface area (Å²) in [7, 11) is -1.05. The highest BCUT2D eigenvalue weighted by Crippen LogP contribution is 2.36. The minimum absolute atomic E-state index is 0.0115. The van der Waals surface area contributed by atoms with E-state index in [0.717, 1.165) is 12.8 Å². The van der Waals surface area contributed by atoms with Crippen LogP contribution in [0.3, 0.4) is 0 Å². The fourth-order valence-corrected chi connectivity index (χ4v) is 2.28. The fraction of sp³-hybridized carbons (Fsp3) is 1.00. The van der Waals surface area contributed by atoms with Gasteiger partial charge >= 0.3 is 0 Å². The van der Waals surface area contributed by atoms with Gasteiger partial charge in [0.2, 0.25) is 0 Å². The van der Waals surface area contributed by atoms with Crippen LogP contribution >= 0.6 is 10.8 Å². The Labute approximate surface area is 88.5 Å². The third-order valence-electron chi connectivity index (χ3n) is 2.07. The number of nitrogens with one attached hydrogen (secondary N) is 1. The summed E-state index contributed by atoms with van der Waals surface area (Å²) in [6.45, 7) is 6.01. The van der Waals surface area contributed by atoms with E-state index < -0.39 is 10.8 Å². The zero-order chi connectivity index (χ0) is 11.2. The number of hydrogen-bond acceptors (Lipinski definition) is 4. The summed E-state index contributed by atoms with van der Waals surface area (Å²) in [4.78, 5) is 0. The lowest BCUT2D eigenvalue weighted by Gasteiger charge is -2.33. The molecule has 1 aliphatic rings. The van der Waals surface area contributed by atoms with Crippen LogP contribution < -0.4 is 4.72 Å². The smallest absolute Gasteiger partial charge is 0.0790 e. The predicted octanol–water partition coefficient (Wildman–Crippen LogP) is 2.47. The molecule has 1 aliphatic heterocycles. The number of rotatable bonds is 3. The number of ether oxygens (including phenoxy) is 1. The highest BCUT2D eigenvalue weighted by Gasteiger charge is 2.26. The normalized spacial score (nSPS) is 28.1. The number of hydrogen-bond donors (Lipinski definition) is 3. The molecule has 0 radical (unpaired) electrons. The van der Waals surface area contributed by atoms with Crippen molar-refractivity contribution < 1.29 is 13.8 Å². The van der Waals surface area contributed by atoms with Gasteiger partial charge in [-0.3, -0.25) is 9.11 Å². The van der Waals surface area contributed by atoms with Crippen LogP contribution in [0.4, 0.5) is 0 Å². The zero-order valence-electron chi connectivity index (χ0n) is 9.49. The Bertz CT molecular complexity index is 155. The highest BCUT2D eigenvalue weighted by molar-refractivity contribution is 8.22. The molecule has 3 N–H and O–H groups in total. The van der Waals surface area contributed by atoms with Gasteiger partial charge in [-0.05, 0) is 19.8 Å². The standard InChI is InChI=1S/C7H17NO3S.C2H6/c1-6-3-4-7(11-6)5-12(9,10)8-2;1-2/h6-10H,3-5H2,1-2H3;1-2H3. The molecule has 0 aromatic rings. The fourth-order valence-electron chi connectivity index (χ4n) is 1.35. The predicted molar refractivity (Wildman–Crippen MR) is 61.7 cm³/mol. The summed E-state index contributed by atoms with van der Waals surface area (Å²) in [6, 6.07) is 0. The molecule has 88 valence electrons. The van der Waals surface area contributed by atoms with E-state index >= 15 is 0 Å². The van der Waals surface area contributed by atoms with Crippen LogP contribution in [-0.4, -0.2) is 34.1 Å². The molecule has 1 rings (SSSR count). The molecule has 5 heteroatoms. The van der Waals surface area contributed by atoms with Gasteiger partial charge in [-0.15, -0.1) is 10.8 Å². The van der Waals surface area contributed by atoms with Crippen LogP contribution in [0.1, 0.15) is 33.6 Å². The average molecular weight is 225 g/mol. The summed E-state index contributed by atoms with van der Waals surface area (Å²) in [5.41, 5.74) is 0.